The summed E-state index contributed by atoms with van der Waals surface area (Å²) < 4.78 is 12.1. The molecule has 2 N–H and O–H groups in total. The molecule has 0 aliphatic rings. The minimum atomic E-state index is 0.0757. The summed E-state index contributed by atoms with van der Waals surface area (Å²) in [6.07, 6.45) is 3.65. The number of aromatic nitrogens is 2. The number of methoxy groups -OCH3 is 1. The highest BCUT2D eigenvalue weighted by Crippen LogP contribution is 2.02. The first kappa shape index (κ1) is 13.2. The summed E-state index contributed by atoms with van der Waals surface area (Å²) in [5, 5.41) is 4.11. The summed E-state index contributed by atoms with van der Waals surface area (Å²) in [7, 11) is 3.60. The van der Waals surface area contributed by atoms with Crippen LogP contribution in [0.1, 0.15) is 12.1 Å². The summed E-state index contributed by atoms with van der Waals surface area (Å²) >= 11 is 0. The molecule has 16 heavy (non-hydrogen) atoms. The second-order valence-corrected chi connectivity index (χ2v) is 3.81. The Kier molecular flexibility index (Phi) is 6.07. The van der Waals surface area contributed by atoms with Gasteiger partial charge in [0.15, 0.2) is 0 Å². The highest BCUT2D eigenvalue weighted by molar-refractivity contribution is 5.00. The van der Waals surface area contributed by atoms with Gasteiger partial charge in [-0.2, -0.15) is 5.10 Å². The van der Waals surface area contributed by atoms with Crippen molar-refractivity contribution in [1.29, 1.82) is 0 Å². The maximum atomic E-state index is 5.93. The quantitative estimate of drug-likeness (QED) is 0.651. The van der Waals surface area contributed by atoms with E-state index in [4.69, 9.17) is 15.2 Å². The Morgan fingerprint density at radius 1 is 1.50 bits per heavy atom. The van der Waals surface area contributed by atoms with E-state index in [0.717, 1.165) is 12.8 Å². The molecule has 1 aromatic heterocycles. The first-order valence-electron chi connectivity index (χ1n) is 5.53. The lowest BCUT2D eigenvalue weighted by molar-refractivity contribution is 0.0627. The van der Waals surface area contributed by atoms with Crippen molar-refractivity contribution in [3.05, 3.63) is 18.0 Å². The predicted molar refractivity (Wildman–Crippen MR) is 62.2 cm³/mol. The SMILES string of the molecule is COCCOCC(N)CCc1ccnn1C. The zero-order valence-electron chi connectivity index (χ0n) is 10.1. The van der Waals surface area contributed by atoms with Crippen LogP contribution < -0.4 is 5.73 Å². The topological polar surface area (TPSA) is 62.3 Å². The Bertz CT molecular complexity index is 289. The molecule has 0 bridgehead atoms. The molecule has 5 nitrogen and oxygen atoms in total. The van der Waals surface area contributed by atoms with Crippen molar-refractivity contribution in [1.82, 2.24) is 9.78 Å². The fourth-order valence-electron chi connectivity index (χ4n) is 1.44. The van der Waals surface area contributed by atoms with Crippen LogP contribution in [0.15, 0.2) is 12.3 Å². The maximum Gasteiger partial charge on any atom is 0.0701 e. The molecule has 92 valence electrons. The molecule has 0 spiro atoms. The third-order valence-corrected chi connectivity index (χ3v) is 2.46. The average Bonchev–Trinajstić information content (AvgIpc) is 2.67. The van der Waals surface area contributed by atoms with Crippen molar-refractivity contribution in [2.75, 3.05) is 26.9 Å². The fourth-order valence-corrected chi connectivity index (χ4v) is 1.44. The van der Waals surface area contributed by atoms with Gasteiger partial charge in [-0.3, -0.25) is 4.68 Å². The Morgan fingerprint density at radius 2 is 2.31 bits per heavy atom. The van der Waals surface area contributed by atoms with Gasteiger partial charge < -0.3 is 15.2 Å². The highest BCUT2D eigenvalue weighted by Gasteiger charge is 2.05. The Balaban J connectivity index is 2.10. The molecule has 1 unspecified atom stereocenters. The average molecular weight is 227 g/mol. The largest absolute Gasteiger partial charge is 0.382 e. The molecule has 0 aliphatic carbocycles. The van der Waals surface area contributed by atoms with Crippen molar-refractivity contribution in [3.8, 4) is 0 Å². The van der Waals surface area contributed by atoms with Crippen LogP contribution in [0.4, 0.5) is 0 Å². The monoisotopic (exact) mass is 227 g/mol. The van der Waals surface area contributed by atoms with Gasteiger partial charge in [0.25, 0.3) is 0 Å². The number of rotatable bonds is 8. The molecule has 1 atom stereocenters. The first-order chi connectivity index (χ1) is 7.74. The fraction of sp³-hybridized carbons (Fsp3) is 0.727. The van der Waals surface area contributed by atoms with E-state index >= 15 is 0 Å². The van der Waals surface area contributed by atoms with Gasteiger partial charge in [0.1, 0.15) is 0 Å². The summed E-state index contributed by atoms with van der Waals surface area (Å²) in [6.45, 7) is 1.81. The molecule has 1 rings (SSSR count). The number of aryl methyl sites for hydroxylation is 2. The van der Waals surface area contributed by atoms with Gasteiger partial charge in [0, 0.05) is 32.1 Å². The van der Waals surface area contributed by atoms with Crippen LogP contribution in [-0.2, 0) is 22.9 Å². The van der Waals surface area contributed by atoms with E-state index in [1.165, 1.54) is 5.69 Å². The minimum Gasteiger partial charge on any atom is -0.382 e. The van der Waals surface area contributed by atoms with E-state index in [1.807, 2.05) is 17.8 Å². The molecule has 1 aromatic rings. The number of ether oxygens (including phenoxy) is 2. The zero-order valence-corrected chi connectivity index (χ0v) is 10.1. The summed E-state index contributed by atoms with van der Waals surface area (Å²) in [6, 6.07) is 2.09. The van der Waals surface area contributed by atoms with Gasteiger partial charge in [-0.25, -0.2) is 0 Å². The van der Waals surface area contributed by atoms with E-state index in [1.54, 1.807) is 13.3 Å². The lowest BCUT2D eigenvalue weighted by Crippen LogP contribution is -2.27. The molecule has 1 heterocycles. The van der Waals surface area contributed by atoms with Crippen LogP contribution in [0.2, 0.25) is 0 Å². The maximum absolute atomic E-state index is 5.93. The van der Waals surface area contributed by atoms with Gasteiger partial charge in [-0.05, 0) is 18.9 Å². The number of hydrogen-bond acceptors (Lipinski definition) is 4. The van der Waals surface area contributed by atoms with Crippen molar-refractivity contribution >= 4 is 0 Å². The van der Waals surface area contributed by atoms with Crippen LogP contribution in [0.5, 0.6) is 0 Å². The van der Waals surface area contributed by atoms with Crippen LogP contribution in [0.25, 0.3) is 0 Å². The van der Waals surface area contributed by atoms with Crippen molar-refractivity contribution in [2.24, 2.45) is 12.8 Å². The van der Waals surface area contributed by atoms with Crippen LogP contribution >= 0.6 is 0 Å². The van der Waals surface area contributed by atoms with Crippen LogP contribution in [0, 0.1) is 0 Å². The first-order valence-corrected chi connectivity index (χ1v) is 5.53. The number of nitrogens with two attached hydrogens (primary N) is 1. The van der Waals surface area contributed by atoms with Gasteiger partial charge in [-0.15, -0.1) is 0 Å². The molecule has 0 saturated heterocycles. The van der Waals surface area contributed by atoms with Crippen molar-refractivity contribution in [3.63, 3.8) is 0 Å². The molecule has 0 aromatic carbocycles. The van der Waals surface area contributed by atoms with Gasteiger partial charge >= 0.3 is 0 Å². The molecular formula is C11H21N3O2. The smallest absolute Gasteiger partial charge is 0.0701 e. The van der Waals surface area contributed by atoms with Crippen molar-refractivity contribution in [2.45, 2.75) is 18.9 Å². The highest BCUT2D eigenvalue weighted by atomic mass is 16.5. The van der Waals surface area contributed by atoms with Gasteiger partial charge in [-0.1, -0.05) is 0 Å². The van der Waals surface area contributed by atoms with Crippen LogP contribution in [0.3, 0.4) is 0 Å². The minimum absolute atomic E-state index is 0.0757. The lowest BCUT2D eigenvalue weighted by Gasteiger charge is -2.11. The van der Waals surface area contributed by atoms with Gasteiger partial charge in [0.2, 0.25) is 0 Å². The van der Waals surface area contributed by atoms with E-state index < -0.39 is 0 Å². The van der Waals surface area contributed by atoms with E-state index in [9.17, 15) is 0 Å². The van der Waals surface area contributed by atoms with E-state index in [-0.39, 0.29) is 6.04 Å². The molecular weight excluding hydrogens is 206 g/mol. The second-order valence-electron chi connectivity index (χ2n) is 3.81. The molecule has 0 aliphatic heterocycles. The molecule has 0 fully saturated rings. The summed E-state index contributed by atoms with van der Waals surface area (Å²) in [4.78, 5) is 0. The zero-order chi connectivity index (χ0) is 11.8. The molecule has 0 saturated carbocycles. The molecule has 0 radical (unpaired) electrons. The standard InChI is InChI=1S/C11H21N3O2/c1-14-11(5-6-13-14)4-3-10(12)9-16-8-7-15-2/h5-6,10H,3-4,7-9,12H2,1-2H3. The normalized spacial score (nSPS) is 12.9. The third-order valence-electron chi connectivity index (χ3n) is 2.46. The Morgan fingerprint density at radius 3 is 2.94 bits per heavy atom. The van der Waals surface area contributed by atoms with Gasteiger partial charge in [0.05, 0.1) is 19.8 Å². The van der Waals surface area contributed by atoms with E-state index in [0.29, 0.717) is 19.8 Å². The second kappa shape index (κ2) is 7.38. The number of nitrogens with zero attached hydrogens (tertiary/aromatic N) is 2. The van der Waals surface area contributed by atoms with Crippen molar-refractivity contribution < 1.29 is 9.47 Å². The predicted octanol–water partition coefficient (Wildman–Crippen LogP) is 0.343. The number of hydrogen-bond donors (Lipinski definition) is 1. The Hall–Kier alpha value is -0.910. The molecule has 0 amide bonds. The third kappa shape index (κ3) is 4.74. The summed E-state index contributed by atoms with van der Waals surface area (Å²) in [5.41, 5.74) is 7.13. The molecule has 5 heteroatoms. The van der Waals surface area contributed by atoms with Crippen LogP contribution in [-0.4, -0.2) is 42.8 Å². The van der Waals surface area contributed by atoms with E-state index in [2.05, 4.69) is 5.10 Å². The Labute approximate surface area is 96.5 Å². The lowest BCUT2D eigenvalue weighted by atomic mass is 10.1. The summed E-state index contributed by atoms with van der Waals surface area (Å²) in [5.74, 6) is 0.